The van der Waals surface area contributed by atoms with Crippen molar-refractivity contribution in [1.82, 2.24) is 4.98 Å². The van der Waals surface area contributed by atoms with Crippen LogP contribution in [0.5, 0.6) is 5.75 Å². The summed E-state index contributed by atoms with van der Waals surface area (Å²) in [4.78, 5) is 16.5. The third-order valence-corrected chi connectivity index (χ3v) is 4.00. The van der Waals surface area contributed by atoms with E-state index in [9.17, 15) is 9.90 Å². The Labute approximate surface area is 150 Å². The van der Waals surface area contributed by atoms with Crippen molar-refractivity contribution in [2.75, 3.05) is 5.32 Å². The van der Waals surface area contributed by atoms with Crippen molar-refractivity contribution < 1.29 is 18.7 Å². The van der Waals surface area contributed by atoms with Gasteiger partial charge in [0.1, 0.15) is 11.3 Å². The van der Waals surface area contributed by atoms with Crippen molar-refractivity contribution in [3.8, 4) is 17.2 Å². The molecule has 1 amide bonds. The number of amides is 1. The Hall–Kier alpha value is -3.06. The lowest BCUT2D eigenvalue weighted by Gasteiger charge is -2.06. The van der Waals surface area contributed by atoms with Crippen molar-refractivity contribution in [2.24, 2.45) is 0 Å². The number of nitrogens with one attached hydrogen (secondary N) is 1. The molecule has 0 aliphatic heterocycles. The van der Waals surface area contributed by atoms with E-state index in [0.717, 1.165) is 0 Å². The van der Waals surface area contributed by atoms with E-state index in [0.29, 0.717) is 27.0 Å². The third kappa shape index (κ3) is 3.01. The molecule has 0 aliphatic carbocycles. The van der Waals surface area contributed by atoms with Gasteiger partial charge in [-0.3, -0.25) is 4.79 Å². The number of phenols is 1. The minimum absolute atomic E-state index is 0.00491. The molecular formula is C18H11BrN2O4. The molecule has 0 aliphatic rings. The number of furan rings is 1. The highest BCUT2D eigenvalue weighted by atomic mass is 79.9. The molecule has 0 unspecified atom stereocenters. The number of aromatic hydroxyl groups is 1. The zero-order valence-corrected chi connectivity index (χ0v) is 14.3. The maximum atomic E-state index is 12.2. The summed E-state index contributed by atoms with van der Waals surface area (Å²) >= 11 is 3.15. The molecule has 2 N–H and O–H groups in total. The largest absolute Gasteiger partial charge is 0.507 e. The summed E-state index contributed by atoms with van der Waals surface area (Å²) in [6.07, 6.45) is 0. The van der Waals surface area contributed by atoms with Gasteiger partial charge in [-0.2, -0.15) is 0 Å². The van der Waals surface area contributed by atoms with E-state index in [1.165, 1.54) is 6.07 Å². The van der Waals surface area contributed by atoms with Gasteiger partial charge in [-0.05, 0) is 58.4 Å². The molecule has 0 atom stereocenters. The topological polar surface area (TPSA) is 88.5 Å². The molecule has 0 spiro atoms. The van der Waals surface area contributed by atoms with E-state index in [4.69, 9.17) is 8.83 Å². The average molecular weight is 399 g/mol. The number of carbonyl (C=O) groups is 1. The first-order valence-electron chi connectivity index (χ1n) is 7.36. The monoisotopic (exact) mass is 398 g/mol. The van der Waals surface area contributed by atoms with Crippen LogP contribution in [0.1, 0.15) is 10.6 Å². The molecular weight excluding hydrogens is 388 g/mol. The maximum absolute atomic E-state index is 12.2. The Morgan fingerprint density at radius 2 is 1.92 bits per heavy atom. The highest BCUT2D eigenvalue weighted by Gasteiger charge is 2.15. The molecule has 4 aromatic rings. The number of hydrogen-bond donors (Lipinski definition) is 2. The number of fused-ring (bicyclic) bond motifs is 1. The van der Waals surface area contributed by atoms with Gasteiger partial charge in [0.15, 0.2) is 16.0 Å². The van der Waals surface area contributed by atoms with Gasteiger partial charge in [0.25, 0.3) is 5.91 Å². The minimum atomic E-state index is -0.403. The summed E-state index contributed by atoms with van der Waals surface area (Å²) < 4.78 is 11.4. The SMILES string of the molecule is O=C(Nc1ccc(O)c(-c2nc3ccccc3o2)c1)c1ccc(Br)o1. The molecule has 6 nitrogen and oxygen atoms in total. The quantitative estimate of drug-likeness (QED) is 0.483. The standard InChI is InChI=1S/C18H11BrN2O4/c19-16-8-7-15(24-16)17(23)20-10-5-6-13(22)11(9-10)18-21-12-3-1-2-4-14(12)25-18/h1-9,22H,(H,20,23). The first-order chi connectivity index (χ1) is 12.1. The molecule has 0 fully saturated rings. The molecule has 0 saturated carbocycles. The Balaban J connectivity index is 1.67. The molecule has 2 aromatic heterocycles. The average Bonchev–Trinajstić information content (AvgIpc) is 3.22. The Morgan fingerprint density at radius 3 is 2.68 bits per heavy atom. The number of para-hydroxylation sites is 2. The number of rotatable bonds is 3. The lowest BCUT2D eigenvalue weighted by molar-refractivity contribution is 0.0995. The number of benzene rings is 2. The van der Waals surface area contributed by atoms with Gasteiger partial charge in [-0.1, -0.05) is 12.1 Å². The van der Waals surface area contributed by atoms with Crippen LogP contribution in [0.15, 0.2) is 68.1 Å². The van der Waals surface area contributed by atoms with Crippen LogP contribution in [0.4, 0.5) is 5.69 Å². The van der Waals surface area contributed by atoms with Crippen LogP contribution in [-0.2, 0) is 0 Å². The Morgan fingerprint density at radius 1 is 1.08 bits per heavy atom. The predicted molar refractivity (Wildman–Crippen MR) is 95.5 cm³/mol. The molecule has 25 heavy (non-hydrogen) atoms. The van der Waals surface area contributed by atoms with Gasteiger partial charge in [-0.25, -0.2) is 4.98 Å². The van der Waals surface area contributed by atoms with Crippen LogP contribution in [0, 0.1) is 0 Å². The van der Waals surface area contributed by atoms with Crippen molar-refractivity contribution in [1.29, 1.82) is 0 Å². The lowest BCUT2D eigenvalue weighted by Crippen LogP contribution is -2.10. The molecule has 124 valence electrons. The summed E-state index contributed by atoms with van der Waals surface area (Å²) in [5, 5.41) is 12.8. The number of phenolic OH excluding ortho intramolecular Hbond substituents is 1. The highest BCUT2D eigenvalue weighted by molar-refractivity contribution is 9.10. The van der Waals surface area contributed by atoms with E-state index in [-0.39, 0.29) is 17.4 Å². The second kappa shape index (κ2) is 6.10. The molecule has 0 bridgehead atoms. The fourth-order valence-corrected chi connectivity index (χ4v) is 2.71. The number of anilines is 1. The molecule has 7 heteroatoms. The van der Waals surface area contributed by atoms with Crippen LogP contribution in [0.2, 0.25) is 0 Å². The maximum Gasteiger partial charge on any atom is 0.291 e. The van der Waals surface area contributed by atoms with Gasteiger partial charge < -0.3 is 19.3 Å². The summed E-state index contributed by atoms with van der Waals surface area (Å²) in [7, 11) is 0. The number of aromatic nitrogens is 1. The summed E-state index contributed by atoms with van der Waals surface area (Å²) in [6.45, 7) is 0. The molecule has 2 aromatic carbocycles. The smallest absolute Gasteiger partial charge is 0.291 e. The first kappa shape index (κ1) is 15.5. The van der Waals surface area contributed by atoms with Crippen molar-refractivity contribution in [3.05, 3.63) is 65.0 Å². The van der Waals surface area contributed by atoms with Crippen molar-refractivity contribution >= 4 is 38.6 Å². The number of nitrogens with zero attached hydrogens (tertiary/aromatic N) is 1. The van der Waals surface area contributed by atoms with Gasteiger partial charge in [0.2, 0.25) is 5.89 Å². The highest BCUT2D eigenvalue weighted by Crippen LogP contribution is 2.33. The number of carbonyl (C=O) groups excluding carboxylic acids is 1. The normalized spacial score (nSPS) is 10.9. The van der Waals surface area contributed by atoms with Crippen molar-refractivity contribution in [2.45, 2.75) is 0 Å². The zero-order valence-electron chi connectivity index (χ0n) is 12.7. The second-order valence-electron chi connectivity index (χ2n) is 5.28. The number of halogens is 1. The summed E-state index contributed by atoms with van der Waals surface area (Å²) in [6, 6.07) is 15.1. The predicted octanol–water partition coefficient (Wildman–Crippen LogP) is 4.81. The summed E-state index contributed by atoms with van der Waals surface area (Å²) in [5.41, 5.74) is 2.17. The van der Waals surface area contributed by atoms with E-state index in [1.807, 2.05) is 18.2 Å². The third-order valence-electron chi connectivity index (χ3n) is 3.58. The fourth-order valence-electron chi connectivity index (χ4n) is 2.40. The van der Waals surface area contributed by atoms with Gasteiger partial charge >= 0.3 is 0 Å². The van der Waals surface area contributed by atoms with E-state index in [2.05, 4.69) is 26.2 Å². The fraction of sp³-hybridized carbons (Fsp3) is 0. The number of hydrogen-bond acceptors (Lipinski definition) is 5. The molecule has 0 saturated heterocycles. The number of oxazole rings is 1. The van der Waals surface area contributed by atoms with Crippen LogP contribution in [-0.4, -0.2) is 16.0 Å². The van der Waals surface area contributed by atoms with E-state index in [1.54, 1.807) is 30.3 Å². The Kier molecular flexibility index (Phi) is 3.77. The lowest BCUT2D eigenvalue weighted by atomic mass is 10.1. The van der Waals surface area contributed by atoms with Crippen LogP contribution < -0.4 is 5.32 Å². The van der Waals surface area contributed by atoms with Crippen LogP contribution in [0.3, 0.4) is 0 Å². The molecule has 2 heterocycles. The zero-order chi connectivity index (χ0) is 17.4. The van der Waals surface area contributed by atoms with Crippen LogP contribution >= 0.6 is 15.9 Å². The van der Waals surface area contributed by atoms with Gasteiger partial charge in [-0.15, -0.1) is 0 Å². The molecule has 4 rings (SSSR count). The van der Waals surface area contributed by atoms with Crippen molar-refractivity contribution in [3.63, 3.8) is 0 Å². The van der Waals surface area contributed by atoms with Gasteiger partial charge in [0, 0.05) is 5.69 Å². The summed E-state index contributed by atoms with van der Waals surface area (Å²) in [5.74, 6) is 0.0455. The van der Waals surface area contributed by atoms with Gasteiger partial charge in [0.05, 0.1) is 5.56 Å². The van der Waals surface area contributed by atoms with E-state index >= 15 is 0 Å². The second-order valence-corrected chi connectivity index (χ2v) is 6.06. The first-order valence-corrected chi connectivity index (χ1v) is 8.15. The Bertz CT molecular complexity index is 1050. The van der Waals surface area contributed by atoms with Crippen LogP contribution in [0.25, 0.3) is 22.6 Å². The van der Waals surface area contributed by atoms with E-state index < -0.39 is 5.91 Å². The molecule has 0 radical (unpaired) electrons. The minimum Gasteiger partial charge on any atom is -0.507 e.